The van der Waals surface area contributed by atoms with Crippen LogP contribution in [0.4, 0.5) is 0 Å². The molecule has 0 atom stereocenters. The van der Waals surface area contributed by atoms with Gasteiger partial charge in [0.25, 0.3) is 0 Å². The second-order valence-corrected chi connectivity index (χ2v) is 4.72. The van der Waals surface area contributed by atoms with Crippen molar-refractivity contribution in [3.05, 3.63) is 52.1 Å². The smallest absolute Gasteiger partial charge is 0.0795 e. The molecule has 0 spiro atoms. The standard InChI is InChI=1S/C12H9ClN2S/c13-11-2-1-3-12-10(11)4-5-15(12)6-9-7-16-8-14-9/h1-5,7-8H,6H2. The molecule has 16 heavy (non-hydrogen) atoms. The number of aromatic nitrogens is 2. The Bertz CT molecular complexity index is 613. The number of halogens is 1. The van der Waals surface area contributed by atoms with Crippen LogP contribution in [-0.4, -0.2) is 9.55 Å². The fourth-order valence-corrected chi connectivity index (χ4v) is 2.60. The van der Waals surface area contributed by atoms with E-state index < -0.39 is 0 Å². The minimum absolute atomic E-state index is 0.799. The van der Waals surface area contributed by atoms with Gasteiger partial charge in [-0.1, -0.05) is 17.7 Å². The van der Waals surface area contributed by atoms with E-state index in [0.717, 1.165) is 28.2 Å². The van der Waals surface area contributed by atoms with Gasteiger partial charge in [-0.25, -0.2) is 4.98 Å². The summed E-state index contributed by atoms with van der Waals surface area (Å²) in [5, 5.41) is 3.96. The van der Waals surface area contributed by atoms with Gasteiger partial charge < -0.3 is 4.57 Å². The van der Waals surface area contributed by atoms with Gasteiger partial charge in [-0.2, -0.15) is 0 Å². The van der Waals surface area contributed by atoms with Crippen molar-refractivity contribution >= 4 is 33.8 Å². The minimum Gasteiger partial charge on any atom is -0.341 e. The van der Waals surface area contributed by atoms with E-state index in [1.807, 2.05) is 23.7 Å². The number of rotatable bonds is 2. The Morgan fingerprint density at radius 3 is 3.06 bits per heavy atom. The van der Waals surface area contributed by atoms with Gasteiger partial charge in [-0.15, -0.1) is 11.3 Å². The van der Waals surface area contributed by atoms with Gasteiger partial charge >= 0.3 is 0 Å². The van der Waals surface area contributed by atoms with E-state index in [1.165, 1.54) is 0 Å². The number of fused-ring (bicyclic) bond motifs is 1. The normalized spacial score (nSPS) is 11.1. The molecule has 3 aromatic rings. The van der Waals surface area contributed by atoms with Crippen molar-refractivity contribution in [1.82, 2.24) is 9.55 Å². The maximum atomic E-state index is 6.13. The lowest BCUT2D eigenvalue weighted by Gasteiger charge is -2.02. The second-order valence-electron chi connectivity index (χ2n) is 3.60. The summed E-state index contributed by atoms with van der Waals surface area (Å²) in [5.74, 6) is 0. The summed E-state index contributed by atoms with van der Waals surface area (Å²) in [7, 11) is 0. The van der Waals surface area contributed by atoms with Crippen molar-refractivity contribution in [3.8, 4) is 0 Å². The Kier molecular flexibility index (Phi) is 2.42. The monoisotopic (exact) mass is 248 g/mol. The maximum absolute atomic E-state index is 6.13. The Labute approximate surface area is 102 Å². The molecule has 2 aromatic heterocycles. The van der Waals surface area contributed by atoms with Crippen molar-refractivity contribution in [3.63, 3.8) is 0 Å². The molecular weight excluding hydrogens is 240 g/mol. The van der Waals surface area contributed by atoms with Gasteiger partial charge in [-0.3, -0.25) is 0 Å². The van der Waals surface area contributed by atoms with Crippen molar-refractivity contribution in [1.29, 1.82) is 0 Å². The van der Waals surface area contributed by atoms with Gasteiger partial charge in [0.15, 0.2) is 0 Å². The molecule has 0 saturated carbocycles. The zero-order chi connectivity index (χ0) is 11.0. The van der Waals surface area contributed by atoms with Gasteiger partial charge in [0.2, 0.25) is 0 Å². The van der Waals surface area contributed by atoms with Crippen LogP contribution < -0.4 is 0 Å². The minimum atomic E-state index is 0.799. The lowest BCUT2D eigenvalue weighted by Crippen LogP contribution is -1.97. The highest BCUT2D eigenvalue weighted by Crippen LogP contribution is 2.24. The van der Waals surface area contributed by atoms with E-state index >= 15 is 0 Å². The van der Waals surface area contributed by atoms with E-state index in [0.29, 0.717) is 0 Å². The number of hydrogen-bond acceptors (Lipinski definition) is 2. The molecule has 0 aliphatic heterocycles. The topological polar surface area (TPSA) is 17.8 Å². The van der Waals surface area contributed by atoms with Crippen LogP contribution in [0.3, 0.4) is 0 Å². The molecule has 1 aromatic carbocycles. The zero-order valence-corrected chi connectivity index (χ0v) is 10.0. The van der Waals surface area contributed by atoms with Gasteiger partial charge in [0, 0.05) is 27.5 Å². The summed E-state index contributed by atoms with van der Waals surface area (Å²) < 4.78 is 2.16. The number of benzene rings is 1. The average Bonchev–Trinajstić information content (AvgIpc) is 2.90. The Morgan fingerprint density at radius 2 is 2.25 bits per heavy atom. The first-order valence-corrected chi connectivity index (χ1v) is 6.27. The summed E-state index contributed by atoms with van der Waals surface area (Å²) >= 11 is 7.74. The van der Waals surface area contributed by atoms with Gasteiger partial charge in [-0.05, 0) is 18.2 Å². The quantitative estimate of drug-likeness (QED) is 0.675. The van der Waals surface area contributed by atoms with Crippen LogP contribution in [0, 0.1) is 0 Å². The molecule has 0 N–H and O–H groups in total. The molecule has 80 valence electrons. The Hall–Kier alpha value is -1.32. The highest BCUT2D eigenvalue weighted by molar-refractivity contribution is 7.07. The molecule has 2 heterocycles. The number of nitrogens with zero attached hydrogens (tertiary/aromatic N) is 2. The molecule has 3 rings (SSSR count). The van der Waals surface area contributed by atoms with E-state index in [9.17, 15) is 0 Å². The molecule has 0 amide bonds. The highest BCUT2D eigenvalue weighted by Gasteiger charge is 2.04. The summed E-state index contributed by atoms with van der Waals surface area (Å²) in [6, 6.07) is 8.01. The third-order valence-electron chi connectivity index (χ3n) is 2.58. The SMILES string of the molecule is Clc1cccc2c1ccn2Cc1cscn1. The molecule has 0 aliphatic carbocycles. The van der Waals surface area contributed by atoms with E-state index in [-0.39, 0.29) is 0 Å². The van der Waals surface area contributed by atoms with E-state index in [1.54, 1.807) is 11.3 Å². The molecule has 0 saturated heterocycles. The molecular formula is C12H9ClN2S. The maximum Gasteiger partial charge on any atom is 0.0795 e. The largest absolute Gasteiger partial charge is 0.341 e. The first-order valence-electron chi connectivity index (χ1n) is 4.95. The van der Waals surface area contributed by atoms with Crippen LogP contribution in [-0.2, 0) is 6.54 Å². The van der Waals surface area contributed by atoms with E-state index in [2.05, 4.69) is 27.2 Å². The summed E-state index contributed by atoms with van der Waals surface area (Å²) in [6.07, 6.45) is 2.05. The van der Waals surface area contributed by atoms with Crippen LogP contribution in [0.1, 0.15) is 5.69 Å². The van der Waals surface area contributed by atoms with Crippen LogP contribution in [0.15, 0.2) is 41.4 Å². The predicted octanol–water partition coefficient (Wildman–Crippen LogP) is 3.80. The van der Waals surface area contributed by atoms with E-state index in [4.69, 9.17) is 11.6 Å². The molecule has 4 heteroatoms. The summed E-state index contributed by atoms with van der Waals surface area (Å²) in [4.78, 5) is 4.29. The number of thiazole rings is 1. The van der Waals surface area contributed by atoms with Crippen molar-refractivity contribution in [2.75, 3.05) is 0 Å². The van der Waals surface area contributed by atoms with Crippen molar-refractivity contribution in [2.45, 2.75) is 6.54 Å². The van der Waals surface area contributed by atoms with Gasteiger partial charge in [0.05, 0.1) is 17.7 Å². The average molecular weight is 249 g/mol. The molecule has 2 nitrogen and oxygen atoms in total. The molecule has 0 radical (unpaired) electrons. The molecule has 0 bridgehead atoms. The van der Waals surface area contributed by atoms with Crippen LogP contribution >= 0.6 is 22.9 Å². The predicted molar refractivity (Wildman–Crippen MR) is 68.2 cm³/mol. The third-order valence-corrected chi connectivity index (χ3v) is 3.54. The molecule has 0 fully saturated rings. The van der Waals surface area contributed by atoms with Gasteiger partial charge in [0.1, 0.15) is 0 Å². The first kappa shape index (κ1) is 9.87. The molecule has 0 unspecified atom stereocenters. The first-order chi connectivity index (χ1) is 7.84. The summed E-state index contributed by atoms with van der Waals surface area (Å²) in [5.41, 5.74) is 4.09. The van der Waals surface area contributed by atoms with Crippen molar-refractivity contribution < 1.29 is 0 Å². The lowest BCUT2D eigenvalue weighted by molar-refractivity contribution is 0.814. The van der Waals surface area contributed by atoms with Crippen LogP contribution in [0.25, 0.3) is 10.9 Å². The fourth-order valence-electron chi connectivity index (χ4n) is 1.81. The molecule has 0 aliphatic rings. The number of hydrogen-bond donors (Lipinski definition) is 0. The second kappa shape index (κ2) is 3.92. The summed E-state index contributed by atoms with van der Waals surface area (Å²) in [6.45, 7) is 0.799. The fraction of sp³-hybridized carbons (Fsp3) is 0.0833. The third kappa shape index (κ3) is 1.62. The van der Waals surface area contributed by atoms with Crippen LogP contribution in [0.5, 0.6) is 0 Å². The Morgan fingerprint density at radius 1 is 1.31 bits per heavy atom. The zero-order valence-electron chi connectivity index (χ0n) is 8.43. The van der Waals surface area contributed by atoms with Crippen molar-refractivity contribution in [2.24, 2.45) is 0 Å². The highest BCUT2D eigenvalue weighted by atomic mass is 35.5. The Balaban J connectivity index is 2.08. The lowest BCUT2D eigenvalue weighted by atomic mass is 10.2. The van der Waals surface area contributed by atoms with Crippen LogP contribution in [0.2, 0.25) is 5.02 Å².